The molecule has 21 heavy (non-hydrogen) atoms. The fraction of sp³-hybridized carbons (Fsp3) is 0.765. The number of fused-ring (bicyclic) bond motifs is 1. The van der Waals surface area contributed by atoms with Crippen molar-refractivity contribution in [3.63, 3.8) is 0 Å². The molecule has 1 aromatic heterocycles. The van der Waals surface area contributed by atoms with Gasteiger partial charge in [-0.05, 0) is 54.0 Å². The van der Waals surface area contributed by atoms with E-state index >= 15 is 0 Å². The van der Waals surface area contributed by atoms with Gasteiger partial charge in [0.15, 0.2) is 0 Å². The van der Waals surface area contributed by atoms with Gasteiger partial charge in [-0.25, -0.2) is 0 Å². The maximum absolute atomic E-state index is 5.50. The SMILES string of the molecule is c1cc(CN2CC[C@H]3[C@H]2CCN3CC2CCOCC2)cs1. The van der Waals surface area contributed by atoms with Crippen molar-refractivity contribution in [1.82, 2.24) is 9.80 Å². The molecule has 0 saturated carbocycles. The smallest absolute Gasteiger partial charge is 0.0469 e. The summed E-state index contributed by atoms with van der Waals surface area (Å²) in [7, 11) is 0. The van der Waals surface area contributed by atoms with E-state index in [2.05, 4.69) is 26.6 Å². The second-order valence-corrected chi connectivity index (χ2v) is 7.64. The van der Waals surface area contributed by atoms with E-state index in [1.165, 1.54) is 50.9 Å². The van der Waals surface area contributed by atoms with Crippen LogP contribution in [0, 0.1) is 5.92 Å². The zero-order chi connectivity index (χ0) is 14.1. The fourth-order valence-corrected chi connectivity index (χ4v) is 5.13. The van der Waals surface area contributed by atoms with Crippen molar-refractivity contribution < 1.29 is 4.74 Å². The van der Waals surface area contributed by atoms with Crippen molar-refractivity contribution in [2.24, 2.45) is 5.92 Å². The molecule has 0 radical (unpaired) electrons. The molecule has 0 spiro atoms. The van der Waals surface area contributed by atoms with E-state index in [9.17, 15) is 0 Å². The van der Waals surface area contributed by atoms with Crippen LogP contribution in [-0.4, -0.2) is 54.7 Å². The Hall–Kier alpha value is -0.420. The Morgan fingerprint density at radius 2 is 1.81 bits per heavy atom. The van der Waals surface area contributed by atoms with Crippen molar-refractivity contribution in [1.29, 1.82) is 0 Å². The quantitative estimate of drug-likeness (QED) is 0.851. The lowest BCUT2D eigenvalue weighted by atomic mass is 9.99. The van der Waals surface area contributed by atoms with Gasteiger partial charge in [0, 0.05) is 51.5 Å². The number of thiophene rings is 1. The molecule has 3 saturated heterocycles. The molecule has 116 valence electrons. The summed E-state index contributed by atoms with van der Waals surface area (Å²) in [5.41, 5.74) is 1.50. The van der Waals surface area contributed by atoms with Crippen LogP contribution in [0.25, 0.3) is 0 Å². The van der Waals surface area contributed by atoms with Crippen LogP contribution in [0.1, 0.15) is 31.2 Å². The van der Waals surface area contributed by atoms with E-state index in [0.717, 1.165) is 37.8 Å². The van der Waals surface area contributed by atoms with Gasteiger partial charge in [0.25, 0.3) is 0 Å². The number of ether oxygens (including phenoxy) is 1. The van der Waals surface area contributed by atoms with E-state index < -0.39 is 0 Å². The van der Waals surface area contributed by atoms with Gasteiger partial charge < -0.3 is 4.74 Å². The lowest BCUT2D eigenvalue weighted by Gasteiger charge is -2.30. The zero-order valence-corrected chi connectivity index (χ0v) is 13.6. The topological polar surface area (TPSA) is 15.7 Å². The normalized spacial score (nSPS) is 31.8. The monoisotopic (exact) mass is 306 g/mol. The number of rotatable bonds is 4. The third kappa shape index (κ3) is 3.04. The van der Waals surface area contributed by atoms with Gasteiger partial charge in [0.1, 0.15) is 0 Å². The Morgan fingerprint density at radius 1 is 1.05 bits per heavy atom. The summed E-state index contributed by atoms with van der Waals surface area (Å²) in [5.74, 6) is 0.878. The molecule has 2 atom stereocenters. The lowest BCUT2D eigenvalue weighted by molar-refractivity contribution is 0.0504. The first-order valence-corrected chi connectivity index (χ1v) is 9.41. The molecule has 1 aromatic rings. The van der Waals surface area contributed by atoms with Crippen LogP contribution in [0.2, 0.25) is 0 Å². The molecule has 0 N–H and O–H groups in total. The van der Waals surface area contributed by atoms with Crippen LogP contribution in [0.15, 0.2) is 16.8 Å². The second-order valence-electron chi connectivity index (χ2n) is 6.86. The maximum atomic E-state index is 5.50. The molecular weight excluding hydrogens is 280 g/mol. The molecule has 3 aliphatic rings. The first-order valence-electron chi connectivity index (χ1n) is 8.47. The maximum Gasteiger partial charge on any atom is 0.0469 e. The molecule has 4 rings (SSSR count). The summed E-state index contributed by atoms with van der Waals surface area (Å²) in [6.45, 7) is 7.04. The Kier molecular flexibility index (Phi) is 4.30. The lowest BCUT2D eigenvalue weighted by Crippen LogP contribution is -2.39. The minimum Gasteiger partial charge on any atom is -0.381 e. The standard InChI is InChI=1S/C17H26N2OS/c1-6-18(11-14-3-8-20-9-4-14)16-2-7-19(17(1)16)12-15-5-10-21-13-15/h5,10,13-14,16-17H,1-4,6-9,11-12H2/t16-,17+/m0/s1. The Balaban J connectivity index is 1.34. The summed E-state index contributed by atoms with van der Waals surface area (Å²) in [5, 5.41) is 4.51. The Bertz CT molecular complexity index is 444. The average Bonchev–Trinajstić information content (AvgIpc) is 3.21. The molecule has 0 unspecified atom stereocenters. The van der Waals surface area contributed by atoms with Gasteiger partial charge in [-0.2, -0.15) is 11.3 Å². The Labute approximate surface area is 131 Å². The first kappa shape index (κ1) is 14.2. The third-order valence-electron chi connectivity index (χ3n) is 5.61. The highest BCUT2D eigenvalue weighted by Crippen LogP contribution is 2.34. The van der Waals surface area contributed by atoms with Crippen molar-refractivity contribution in [2.75, 3.05) is 32.8 Å². The van der Waals surface area contributed by atoms with Gasteiger partial charge in [-0.3, -0.25) is 9.80 Å². The van der Waals surface area contributed by atoms with Crippen LogP contribution < -0.4 is 0 Å². The third-order valence-corrected chi connectivity index (χ3v) is 6.34. The molecule has 0 aromatic carbocycles. The van der Waals surface area contributed by atoms with Crippen LogP contribution in [0.4, 0.5) is 0 Å². The first-order chi connectivity index (χ1) is 10.4. The fourth-order valence-electron chi connectivity index (χ4n) is 4.47. The summed E-state index contributed by atoms with van der Waals surface area (Å²) in [6, 6.07) is 3.92. The van der Waals surface area contributed by atoms with Crippen LogP contribution in [-0.2, 0) is 11.3 Å². The van der Waals surface area contributed by atoms with E-state index in [0.29, 0.717) is 0 Å². The highest BCUT2D eigenvalue weighted by atomic mass is 32.1. The minimum absolute atomic E-state index is 0.810. The Morgan fingerprint density at radius 3 is 2.57 bits per heavy atom. The number of hydrogen-bond donors (Lipinski definition) is 0. The highest BCUT2D eigenvalue weighted by molar-refractivity contribution is 7.07. The molecule has 0 bridgehead atoms. The van der Waals surface area contributed by atoms with Crippen molar-refractivity contribution in [2.45, 2.75) is 44.3 Å². The summed E-state index contributed by atoms with van der Waals surface area (Å²) < 4.78 is 5.50. The summed E-state index contributed by atoms with van der Waals surface area (Å²) >= 11 is 1.82. The molecule has 4 heterocycles. The summed E-state index contributed by atoms with van der Waals surface area (Å²) in [4.78, 5) is 5.53. The van der Waals surface area contributed by atoms with E-state index in [1.807, 2.05) is 11.3 Å². The molecule has 3 aliphatic heterocycles. The molecule has 0 amide bonds. The number of likely N-dealkylation sites (tertiary alicyclic amines) is 2. The van der Waals surface area contributed by atoms with Gasteiger partial charge >= 0.3 is 0 Å². The van der Waals surface area contributed by atoms with E-state index in [4.69, 9.17) is 4.74 Å². The predicted octanol–water partition coefficient (Wildman–Crippen LogP) is 2.82. The van der Waals surface area contributed by atoms with Gasteiger partial charge in [0.05, 0.1) is 0 Å². The summed E-state index contributed by atoms with van der Waals surface area (Å²) in [6.07, 6.45) is 5.29. The highest BCUT2D eigenvalue weighted by Gasteiger charge is 2.42. The van der Waals surface area contributed by atoms with Crippen LogP contribution >= 0.6 is 11.3 Å². The van der Waals surface area contributed by atoms with Crippen LogP contribution in [0.5, 0.6) is 0 Å². The number of nitrogens with zero attached hydrogens (tertiary/aromatic N) is 2. The molecule has 3 fully saturated rings. The molecule has 0 aliphatic carbocycles. The van der Waals surface area contributed by atoms with Crippen molar-refractivity contribution in [3.8, 4) is 0 Å². The minimum atomic E-state index is 0.810. The van der Waals surface area contributed by atoms with Crippen molar-refractivity contribution >= 4 is 11.3 Å². The number of hydrogen-bond acceptors (Lipinski definition) is 4. The van der Waals surface area contributed by atoms with Crippen molar-refractivity contribution in [3.05, 3.63) is 22.4 Å². The predicted molar refractivity (Wildman–Crippen MR) is 86.7 cm³/mol. The van der Waals surface area contributed by atoms with E-state index in [-0.39, 0.29) is 0 Å². The van der Waals surface area contributed by atoms with E-state index in [1.54, 1.807) is 0 Å². The average molecular weight is 306 g/mol. The second kappa shape index (κ2) is 6.37. The molecule has 3 nitrogen and oxygen atoms in total. The van der Waals surface area contributed by atoms with Gasteiger partial charge in [-0.1, -0.05) is 0 Å². The largest absolute Gasteiger partial charge is 0.381 e. The van der Waals surface area contributed by atoms with Gasteiger partial charge in [-0.15, -0.1) is 0 Å². The van der Waals surface area contributed by atoms with Gasteiger partial charge in [0.2, 0.25) is 0 Å². The van der Waals surface area contributed by atoms with Crippen LogP contribution in [0.3, 0.4) is 0 Å². The zero-order valence-electron chi connectivity index (χ0n) is 12.7. The molecular formula is C17H26N2OS. The molecule has 4 heteroatoms.